The normalized spacial score (nSPS) is 10.8. The van der Waals surface area contributed by atoms with Crippen molar-refractivity contribution in [1.29, 1.82) is 0 Å². The van der Waals surface area contributed by atoms with E-state index >= 15 is 0 Å². The van der Waals surface area contributed by atoms with Gasteiger partial charge in [-0.3, -0.25) is 0 Å². The SMILES string of the molecule is CNS(=O)(=O)c1ccc(C)cc1C#Cc1cccs1. The Hall–Kier alpha value is -1.61. The monoisotopic (exact) mass is 291 g/mol. The van der Waals surface area contributed by atoms with Gasteiger partial charge in [0.05, 0.1) is 9.77 Å². The third-order valence-corrected chi connectivity index (χ3v) is 4.79. The van der Waals surface area contributed by atoms with E-state index in [-0.39, 0.29) is 4.90 Å². The Labute approximate surface area is 117 Å². The Morgan fingerprint density at radius 2 is 2.00 bits per heavy atom. The Morgan fingerprint density at radius 3 is 2.63 bits per heavy atom. The van der Waals surface area contributed by atoms with Gasteiger partial charge in [0.15, 0.2) is 0 Å². The molecule has 2 aromatic rings. The highest BCUT2D eigenvalue weighted by molar-refractivity contribution is 7.89. The van der Waals surface area contributed by atoms with Crippen LogP contribution in [0.4, 0.5) is 0 Å². The van der Waals surface area contributed by atoms with Gasteiger partial charge in [0.2, 0.25) is 10.0 Å². The lowest BCUT2D eigenvalue weighted by Gasteiger charge is -2.06. The maximum atomic E-state index is 11.9. The molecule has 1 N–H and O–H groups in total. The van der Waals surface area contributed by atoms with Crippen molar-refractivity contribution in [1.82, 2.24) is 4.72 Å². The molecule has 1 heterocycles. The zero-order chi connectivity index (χ0) is 13.9. The third-order valence-electron chi connectivity index (χ3n) is 2.53. The predicted molar refractivity (Wildman–Crippen MR) is 77.7 cm³/mol. The molecule has 3 nitrogen and oxygen atoms in total. The number of aryl methyl sites for hydroxylation is 1. The van der Waals surface area contributed by atoms with Crippen molar-refractivity contribution in [3.63, 3.8) is 0 Å². The molecule has 0 fully saturated rings. The van der Waals surface area contributed by atoms with Gasteiger partial charge >= 0.3 is 0 Å². The molecule has 0 saturated carbocycles. The van der Waals surface area contributed by atoms with Crippen molar-refractivity contribution in [2.45, 2.75) is 11.8 Å². The third kappa shape index (κ3) is 3.24. The van der Waals surface area contributed by atoms with Gasteiger partial charge in [-0.25, -0.2) is 13.1 Å². The van der Waals surface area contributed by atoms with Crippen molar-refractivity contribution in [3.05, 3.63) is 51.7 Å². The highest BCUT2D eigenvalue weighted by Gasteiger charge is 2.15. The summed E-state index contributed by atoms with van der Waals surface area (Å²) in [4.78, 5) is 1.12. The fourth-order valence-corrected chi connectivity index (χ4v) is 3.00. The minimum Gasteiger partial charge on any atom is -0.214 e. The summed E-state index contributed by atoms with van der Waals surface area (Å²) in [6.07, 6.45) is 0. The van der Waals surface area contributed by atoms with E-state index in [9.17, 15) is 8.42 Å². The van der Waals surface area contributed by atoms with Crippen LogP contribution in [0.1, 0.15) is 16.0 Å². The van der Waals surface area contributed by atoms with Gasteiger partial charge < -0.3 is 0 Å². The molecule has 0 aliphatic heterocycles. The molecule has 0 aliphatic carbocycles. The lowest BCUT2D eigenvalue weighted by molar-refractivity contribution is 0.588. The first-order chi connectivity index (χ1) is 9.03. The standard InChI is InChI=1S/C14H13NO2S2/c1-11-5-8-14(19(16,17)15-2)12(10-11)6-7-13-4-3-9-18-13/h3-5,8-10,15H,1-2H3. The quantitative estimate of drug-likeness (QED) is 0.863. The molecule has 19 heavy (non-hydrogen) atoms. The molecule has 1 aromatic heterocycles. The van der Waals surface area contributed by atoms with E-state index in [0.717, 1.165) is 10.4 Å². The summed E-state index contributed by atoms with van der Waals surface area (Å²) in [6, 6.07) is 8.95. The summed E-state index contributed by atoms with van der Waals surface area (Å²) < 4.78 is 26.2. The van der Waals surface area contributed by atoms with Crippen molar-refractivity contribution in [3.8, 4) is 11.8 Å². The zero-order valence-corrected chi connectivity index (χ0v) is 12.2. The van der Waals surface area contributed by atoms with Crippen LogP contribution < -0.4 is 4.72 Å². The first-order valence-corrected chi connectivity index (χ1v) is 7.99. The summed E-state index contributed by atoms with van der Waals surface area (Å²) in [5, 5.41) is 1.94. The maximum Gasteiger partial charge on any atom is 0.241 e. The van der Waals surface area contributed by atoms with Crippen molar-refractivity contribution >= 4 is 21.4 Å². The van der Waals surface area contributed by atoms with Crippen LogP contribution in [0.15, 0.2) is 40.6 Å². The van der Waals surface area contributed by atoms with Gasteiger partial charge in [-0.1, -0.05) is 24.0 Å². The molecule has 0 bridgehead atoms. The van der Waals surface area contributed by atoms with Gasteiger partial charge in [0.1, 0.15) is 0 Å². The van der Waals surface area contributed by atoms with E-state index in [1.807, 2.05) is 24.4 Å². The van der Waals surface area contributed by atoms with E-state index in [0.29, 0.717) is 5.56 Å². The Morgan fingerprint density at radius 1 is 1.21 bits per heavy atom. The summed E-state index contributed by atoms with van der Waals surface area (Å²) in [7, 11) is -2.09. The highest BCUT2D eigenvalue weighted by Crippen LogP contribution is 2.16. The topological polar surface area (TPSA) is 46.2 Å². The average molecular weight is 291 g/mol. The van der Waals surface area contributed by atoms with E-state index in [2.05, 4.69) is 16.6 Å². The van der Waals surface area contributed by atoms with Crippen LogP contribution in [0.3, 0.4) is 0 Å². The number of rotatable bonds is 2. The number of hydrogen-bond donors (Lipinski definition) is 1. The fourth-order valence-electron chi connectivity index (χ4n) is 1.56. The van der Waals surface area contributed by atoms with Gasteiger partial charge in [-0.2, -0.15) is 0 Å². The van der Waals surface area contributed by atoms with Crippen LogP contribution in [0.5, 0.6) is 0 Å². The summed E-state index contributed by atoms with van der Waals surface area (Å²) in [5.41, 5.74) is 1.49. The van der Waals surface area contributed by atoms with Gasteiger partial charge in [0.25, 0.3) is 0 Å². The number of sulfonamides is 1. The Bertz CT molecular complexity index is 735. The van der Waals surface area contributed by atoms with Gasteiger partial charge in [-0.15, -0.1) is 11.3 Å². The molecule has 1 aromatic carbocycles. The minimum atomic E-state index is -3.49. The van der Waals surface area contributed by atoms with Crippen molar-refractivity contribution in [2.75, 3.05) is 7.05 Å². The molecule has 2 rings (SSSR count). The molecule has 0 amide bonds. The second-order valence-corrected chi connectivity index (χ2v) is 6.74. The summed E-state index contributed by atoms with van der Waals surface area (Å²) in [6.45, 7) is 1.91. The van der Waals surface area contributed by atoms with Crippen LogP contribution in [-0.2, 0) is 10.0 Å². The molecule has 0 saturated heterocycles. The van der Waals surface area contributed by atoms with Crippen LogP contribution >= 0.6 is 11.3 Å². The van der Waals surface area contributed by atoms with Crippen molar-refractivity contribution in [2.24, 2.45) is 0 Å². The van der Waals surface area contributed by atoms with E-state index in [4.69, 9.17) is 0 Å². The molecule has 0 spiro atoms. The fraction of sp³-hybridized carbons (Fsp3) is 0.143. The molecule has 0 aliphatic rings. The van der Waals surface area contributed by atoms with Crippen LogP contribution in [0, 0.1) is 18.8 Å². The minimum absolute atomic E-state index is 0.213. The van der Waals surface area contributed by atoms with Gasteiger partial charge in [-0.05, 0) is 43.1 Å². The number of hydrogen-bond acceptors (Lipinski definition) is 3. The Kier molecular flexibility index (Phi) is 4.05. The largest absolute Gasteiger partial charge is 0.241 e. The lowest BCUT2D eigenvalue weighted by atomic mass is 10.1. The number of benzene rings is 1. The molecular formula is C14H13NO2S2. The molecule has 5 heteroatoms. The van der Waals surface area contributed by atoms with Crippen LogP contribution in [0.25, 0.3) is 0 Å². The summed E-state index contributed by atoms with van der Waals surface area (Å²) >= 11 is 1.53. The second kappa shape index (κ2) is 5.57. The zero-order valence-electron chi connectivity index (χ0n) is 10.6. The average Bonchev–Trinajstić information content (AvgIpc) is 2.89. The smallest absolute Gasteiger partial charge is 0.214 e. The van der Waals surface area contributed by atoms with E-state index in [1.165, 1.54) is 18.4 Å². The molecule has 0 unspecified atom stereocenters. The first kappa shape index (κ1) is 13.8. The van der Waals surface area contributed by atoms with Crippen molar-refractivity contribution < 1.29 is 8.42 Å². The van der Waals surface area contributed by atoms with E-state index in [1.54, 1.807) is 18.2 Å². The van der Waals surface area contributed by atoms with Crippen LogP contribution in [-0.4, -0.2) is 15.5 Å². The van der Waals surface area contributed by atoms with Crippen LogP contribution in [0.2, 0.25) is 0 Å². The maximum absolute atomic E-state index is 11.9. The number of thiophene rings is 1. The first-order valence-electron chi connectivity index (χ1n) is 5.62. The van der Waals surface area contributed by atoms with E-state index < -0.39 is 10.0 Å². The second-order valence-electron chi connectivity index (χ2n) is 3.93. The molecule has 0 atom stereocenters. The number of nitrogens with one attached hydrogen (secondary N) is 1. The molecule has 0 radical (unpaired) electrons. The molecule has 98 valence electrons. The van der Waals surface area contributed by atoms with Gasteiger partial charge in [0, 0.05) is 5.56 Å². The highest BCUT2D eigenvalue weighted by atomic mass is 32.2. The predicted octanol–water partition coefficient (Wildman–Crippen LogP) is 2.36. The molecular weight excluding hydrogens is 278 g/mol. The Balaban J connectivity index is 2.53. The lowest BCUT2D eigenvalue weighted by Crippen LogP contribution is -2.19. The summed E-state index contributed by atoms with van der Waals surface area (Å²) in [5.74, 6) is 5.92.